The van der Waals surface area contributed by atoms with Gasteiger partial charge in [0.05, 0.1) is 29.5 Å². The molecule has 0 fully saturated rings. The molecule has 0 aliphatic rings. The topological polar surface area (TPSA) is 89.9 Å². The van der Waals surface area contributed by atoms with Crippen LogP contribution in [0.1, 0.15) is 30.9 Å². The van der Waals surface area contributed by atoms with Crippen molar-refractivity contribution in [1.82, 2.24) is 0 Å². The zero-order valence-corrected chi connectivity index (χ0v) is 18.8. The summed E-state index contributed by atoms with van der Waals surface area (Å²) in [5.41, 5.74) is 1.97. The minimum absolute atomic E-state index is 0.206. The maximum atomic E-state index is 12.3. The van der Waals surface area contributed by atoms with Crippen LogP contribution < -0.4 is 0 Å². The normalized spacial score (nSPS) is 13.8. The number of hydrogen-bond acceptors (Lipinski definition) is 6. The highest BCUT2D eigenvalue weighted by atomic mass is 32.2. The van der Waals surface area contributed by atoms with Crippen LogP contribution in [0.25, 0.3) is 0 Å². The Morgan fingerprint density at radius 3 is 2.39 bits per heavy atom. The average Bonchev–Trinajstić information content (AvgIpc) is 2.74. The van der Waals surface area contributed by atoms with Crippen molar-refractivity contribution in [3.8, 4) is 0 Å². The Kier molecular flexibility index (Phi) is 9.91. The minimum atomic E-state index is -3.52. The molecule has 0 spiro atoms. The molecule has 1 N–H and O–H groups in total. The summed E-state index contributed by atoms with van der Waals surface area (Å²) in [5.74, 6) is -0.921. The fourth-order valence-corrected chi connectivity index (χ4v) is 3.86. The molecule has 0 saturated heterocycles. The van der Waals surface area contributed by atoms with Crippen LogP contribution in [0.15, 0.2) is 71.6 Å². The smallest absolute Gasteiger partial charge is 0.330 e. The van der Waals surface area contributed by atoms with Crippen molar-refractivity contribution < 1.29 is 27.8 Å². The lowest BCUT2D eigenvalue weighted by Crippen LogP contribution is -2.16. The van der Waals surface area contributed by atoms with Gasteiger partial charge in [-0.2, -0.15) is 0 Å². The van der Waals surface area contributed by atoms with Gasteiger partial charge < -0.3 is 14.6 Å². The van der Waals surface area contributed by atoms with Crippen molar-refractivity contribution in [3.63, 3.8) is 0 Å². The van der Waals surface area contributed by atoms with Gasteiger partial charge in [0.2, 0.25) is 0 Å². The monoisotopic (exact) mass is 446 g/mol. The molecule has 2 aromatic carbocycles. The Labute approximate surface area is 184 Å². The van der Waals surface area contributed by atoms with Crippen LogP contribution in [-0.4, -0.2) is 44.1 Å². The zero-order valence-electron chi connectivity index (χ0n) is 17.9. The molecule has 0 aliphatic carbocycles. The standard InChI is InChI=1S/C24H30O6S/c1-19-8-13-23(14-9-19)31(27,28)17-16-29-24(26)15-12-22(11-10-20(2)25)30-18-21-6-4-3-5-7-21/h3-9,12-15,20,22,25H,10-11,16-18H2,1-2H3/b15-12+/t20-,22-/m1/s1. The second-order valence-corrected chi connectivity index (χ2v) is 9.53. The summed E-state index contributed by atoms with van der Waals surface area (Å²) in [6.07, 6.45) is 3.04. The van der Waals surface area contributed by atoms with Gasteiger partial charge in [0.25, 0.3) is 0 Å². The number of aryl methyl sites for hydroxylation is 1. The Balaban J connectivity index is 1.85. The third kappa shape index (κ3) is 9.46. The Morgan fingerprint density at radius 1 is 1.06 bits per heavy atom. The highest BCUT2D eigenvalue weighted by Gasteiger charge is 2.15. The van der Waals surface area contributed by atoms with Crippen molar-refractivity contribution in [2.75, 3.05) is 12.4 Å². The molecule has 0 bridgehead atoms. The molecule has 0 saturated carbocycles. The predicted octanol–water partition coefficient (Wildman–Crippen LogP) is 3.61. The van der Waals surface area contributed by atoms with Gasteiger partial charge in [-0.25, -0.2) is 13.2 Å². The summed E-state index contributed by atoms with van der Waals surface area (Å²) in [4.78, 5) is 12.2. The number of benzene rings is 2. The van der Waals surface area contributed by atoms with Gasteiger partial charge in [-0.05, 0) is 50.5 Å². The second kappa shape index (κ2) is 12.4. The summed E-state index contributed by atoms with van der Waals surface area (Å²) in [7, 11) is -3.52. The number of aliphatic hydroxyl groups is 1. The van der Waals surface area contributed by atoms with E-state index in [0.29, 0.717) is 19.4 Å². The first-order valence-corrected chi connectivity index (χ1v) is 11.9. The molecule has 0 amide bonds. The Morgan fingerprint density at radius 2 is 1.74 bits per heavy atom. The van der Waals surface area contributed by atoms with Crippen molar-refractivity contribution >= 4 is 15.8 Å². The number of ether oxygens (including phenoxy) is 2. The molecule has 6 nitrogen and oxygen atoms in total. The minimum Gasteiger partial charge on any atom is -0.461 e. The van der Waals surface area contributed by atoms with Gasteiger partial charge in [0.15, 0.2) is 9.84 Å². The largest absolute Gasteiger partial charge is 0.461 e. The number of sulfone groups is 1. The number of rotatable bonds is 12. The molecule has 2 atom stereocenters. The first kappa shape index (κ1) is 24.8. The number of carbonyl (C=O) groups is 1. The van der Waals surface area contributed by atoms with Crippen LogP contribution in [0.4, 0.5) is 0 Å². The van der Waals surface area contributed by atoms with E-state index in [-0.39, 0.29) is 23.4 Å². The maximum absolute atomic E-state index is 12.3. The van der Waals surface area contributed by atoms with E-state index in [9.17, 15) is 18.3 Å². The molecule has 31 heavy (non-hydrogen) atoms. The highest BCUT2D eigenvalue weighted by Crippen LogP contribution is 2.13. The van der Waals surface area contributed by atoms with Crippen LogP contribution in [0.5, 0.6) is 0 Å². The van der Waals surface area contributed by atoms with Crippen molar-refractivity contribution in [2.45, 2.75) is 50.4 Å². The highest BCUT2D eigenvalue weighted by molar-refractivity contribution is 7.91. The fourth-order valence-electron chi connectivity index (χ4n) is 2.77. The number of hydrogen-bond donors (Lipinski definition) is 1. The molecular formula is C24H30O6S. The van der Waals surface area contributed by atoms with Gasteiger partial charge in [-0.3, -0.25) is 0 Å². The molecule has 0 aliphatic heterocycles. The van der Waals surface area contributed by atoms with E-state index >= 15 is 0 Å². The van der Waals surface area contributed by atoms with Crippen LogP contribution in [0.3, 0.4) is 0 Å². The summed E-state index contributed by atoms with van der Waals surface area (Å²) < 4.78 is 35.5. The molecule has 0 aromatic heterocycles. The molecule has 7 heteroatoms. The molecular weight excluding hydrogens is 416 g/mol. The average molecular weight is 447 g/mol. The van der Waals surface area contributed by atoms with E-state index < -0.39 is 21.9 Å². The van der Waals surface area contributed by atoms with Gasteiger partial charge in [0.1, 0.15) is 6.61 Å². The van der Waals surface area contributed by atoms with E-state index in [1.165, 1.54) is 6.08 Å². The van der Waals surface area contributed by atoms with E-state index in [4.69, 9.17) is 9.47 Å². The molecule has 2 aromatic rings. The second-order valence-electron chi connectivity index (χ2n) is 7.42. The third-order valence-electron chi connectivity index (χ3n) is 4.60. The van der Waals surface area contributed by atoms with Crippen LogP contribution >= 0.6 is 0 Å². The molecule has 0 heterocycles. The number of carbonyl (C=O) groups excluding carboxylic acids is 1. The summed E-state index contributed by atoms with van der Waals surface area (Å²) in [6.45, 7) is 3.71. The lowest BCUT2D eigenvalue weighted by Gasteiger charge is -2.15. The van der Waals surface area contributed by atoms with Gasteiger partial charge in [-0.15, -0.1) is 0 Å². The first-order chi connectivity index (χ1) is 14.8. The zero-order chi connectivity index (χ0) is 22.7. The van der Waals surface area contributed by atoms with Gasteiger partial charge in [-0.1, -0.05) is 48.0 Å². The molecule has 2 rings (SSSR count). The summed E-state index contributed by atoms with van der Waals surface area (Å²) in [5, 5.41) is 9.54. The van der Waals surface area contributed by atoms with Gasteiger partial charge >= 0.3 is 5.97 Å². The third-order valence-corrected chi connectivity index (χ3v) is 6.29. The van der Waals surface area contributed by atoms with Crippen LogP contribution in [0.2, 0.25) is 0 Å². The summed E-state index contributed by atoms with van der Waals surface area (Å²) in [6, 6.07) is 16.2. The maximum Gasteiger partial charge on any atom is 0.330 e. The van der Waals surface area contributed by atoms with E-state index in [1.807, 2.05) is 37.3 Å². The van der Waals surface area contributed by atoms with Crippen molar-refractivity contribution in [1.29, 1.82) is 0 Å². The van der Waals surface area contributed by atoms with Gasteiger partial charge in [0, 0.05) is 6.08 Å². The number of esters is 1. The first-order valence-electron chi connectivity index (χ1n) is 10.2. The van der Waals surface area contributed by atoms with E-state index in [2.05, 4.69) is 0 Å². The predicted molar refractivity (Wildman–Crippen MR) is 119 cm³/mol. The fraction of sp³-hybridized carbons (Fsp3) is 0.375. The molecule has 168 valence electrons. The Bertz CT molecular complexity index is 934. The quantitative estimate of drug-likeness (QED) is 0.396. The van der Waals surface area contributed by atoms with Crippen LogP contribution in [0, 0.1) is 6.92 Å². The summed E-state index contributed by atoms with van der Waals surface area (Å²) >= 11 is 0. The van der Waals surface area contributed by atoms with Crippen LogP contribution in [-0.2, 0) is 30.7 Å². The SMILES string of the molecule is Cc1ccc(S(=O)(=O)CCOC(=O)/C=C/[C@@H](CC[C@@H](C)O)OCc2ccccc2)cc1. The van der Waals surface area contributed by atoms with Crippen molar-refractivity contribution in [3.05, 3.63) is 77.9 Å². The van der Waals surface area contributed by atoms with Crippen molar-refractivity contribution in [2.24, 2.45) is 0 Å². The Hall–Kier alpha value is -2.48. The number of aliphatic hydroxyl groups excluding tert-OH is 1. The molecule has 0 radical (unpaired) electrons. The van der Waals surface area contributed by atoms with E-state index in [1.54, 1.807) is 37.3 Å². The molecule has 0 unspecified atom stereocenters. The lowest BCUT2D eigenvalue weighted by molar-refractivity contribution is -0.137. The van der Waals surface area contributed by atoms with E-state index in [0.717, 1.165) is 11.1 Å². The lowest BCUT2D eigenvalue weighted by atomic mass is 10.1.